The van der Waals surface area contributed by atoms with E-state index in [9.17, 15) is 0 Å². The molecule has 1 aromatic heterocycles. The van der Waals surface area contributed by atoms with Gasteiger partial charge in [0.25, 0.3) is 0 Å². The molecule has 4 nitrogen and oxygen atoms in total. The second kappa shape index (κ2) is 6.27. The maximum atomic E-state index is 5.85. The molecule has 2 rings (SSSR count). The Hall–Kier alpha value is -0.870. The molecule has 1 aliphatic carbocycles. The fourth-order valence-corrected chi connectivity index (χ4v) is 3.65. The van der Waals surface area contributed by atoms with Gasteiger partial charge in [-0.05, 0) is 55.9 Å². The number of nitrogens with one attached hydrogen (secondary N) is 1. The minimum absolute atomic E-state index is 0.235. The molecular formula is C16H30N4. The van der Waals surface area contributed by atoms with Crippen molar-refractivity contribution < 1.29 is 0 Å². The Morgan fingerprint density at radius 2 is 2.00 bits per heavy atom. The number of rotatable bonds is 4. The summed E-state index contributed by atoms with van der Waals surface area (Å²) in [5.74, 6) is 7.31. The maximum Gasteiger partial charge on any atom is 0.0657 e. The maximum absolute atomic E-state index is 5.85. The predicted molar refractivity (Wildman–Crippen MR) is 82.9 cm³/mol. The van der Waals surface area contributed by atoms with Crippen LogP contribution >= 0.6 is 0 Å². The van der Waals surface area contributed by atoms with Crippen LogP contribution in [0.4, 0.5) is 0 Å². The Bertz CT molecular complexity index is 410. The molecule has 0 amide bonds. The van der Waals surface area contributed by atoms with Gasteiger partial charge in [-0.25, -0.2) is 0 Å². The molecule has 1 heterocycles. The molecule has 20 heavy (non-hydrogen) atoms. The van der Waals surface area contributed by atoms with E-state index >= 15 is 0 Å². The van der Waals surface area contributed by atoms with Crippen molar-refractivity contribution >= 4 is 0 Å². The monoisotopic (exact) mass is 278 g/mol. The predicted octanol–water partition coefficient (Wildman–Crippen LogP) is 3.26. The summed E-state index contributed by atoms with van der Waals surface area (Å²) >= 11 is 0. The van der Waals surface area contributed by atoms with E-state index in [1.165, 1.54) is 31.4 Å². The fraction of sp³-hybridized carbons (Fsp3) is 0.812. The van der Waals surface area contributed by atoms with Gasteiger partial charge in [-0.3, -0.25) is 16.0 Å². The molecule has 1 atom stereocenters. The lowest BCUT2D eigenvalue weighted by molar-refractivity contribution is 0.130. The van der Waals surface area contributed by atoms with Gasteiger partial charge in [0, 0.05) is 12.7 Å². The smallest absolute Gasteiger partial charge is 0.0657 e. The van der Waals surface area contributed by atoms with Gasteiger partial charge in [0.05, 0.1) is 11.7 Å². The number of aromatic nitrogens is 2. The molecule has 0 aliphatic heterocycles. The van der Waals surface area contributed by atoms with Gasteiger partial charge in [-0.15, -0.1) is 0 Å². The fourth-order valence-electron chi connectivity index (χ4n) is 3.65. The second-order valence-electron chi connectivity index (χ2n) is 7.19. The lowest BCUT2D eigenvalue weighted by Crippen LogP contribution is -2.38. The number of hydrogen-bond acceptors (Lipinski definition) is 3. The van der Waals surface area contributed by atoms with Gasteiger partial charge in [0.15, 0.2) is 0 Å². The third-order valence-corrected chi connectivity index (χ3v) is 5.02. The quantitative estimate of drug-likeness (QED) is 0.656. The Kier molecular flexibility index (Phi) is 4.86. The molecule has 4 heteroatoms. The summed E-state index contributed by atoms with van der Waals surface area (Å²) in [4.78, 5) is 0. The second-order valence-corrected chi connectivity index (χ2v) is 7.19. The molecule has 0 spiro atoms. The summed E-state index contributed by atoms with van der Waals surface area (Å²) < 4.78 is 2.06. The van der Waals surface area contributed by atoms with Gasteiger partial charge in [-0.2, -0.15) is 5.10 Å². The van der Waals surface area contributed by atoms with Gasteiger partial charge < -0.3 is 0 Å². The van der Waals surface area contributed by atoms with E-state index in [-0.39, 0.29) is 6.04 Å². The van der Waals surface area contributed by atoms with Gasteiger partial charge in [-0.1, -0.05) is 20.8 Å². The molecule has 1 aliphatic rings. The van der Waals surface area contributed by atoms with Crippen LogP contribution in [-0.2, 0) is 6.54 Å². The van der Waals surface area contributed by atoms with Crippen LogP contribution in [0.15, 0.2) is 12.3 Å². The lowest BCUT2D eigenvalue weighted by atomic mass is 9.68. The average molecular weight is 278 g/mol. The van der Waals surface area contributed by atoms with Crippen LogP contribution < -0.4 is 11.3 Å². The summed E-state index contributed by atoms with van der Waals surface area (Å²) in [5.41, 5.74) is 4.70. The highest BCUT2D eigenvalue weighted by molar-refractivity contribution is 5.09. The first-order valence-corrected chi connectivity index (χ1v) is 7.95. The van der Waals surface area contributed by atoms with Crippen molar-refractivity contribution in [1.82, 2.24) is 15.2 Å². The molecule has 1 unspecified atom stereocenters. The third kappa shape index (κ3) is 3.23. The Balaban J connectivity index is 2.04. The van der Waals surface area contributed by atoms with Gasteiger partial charge in [0.2, 0.25) is 0 Å². The normalized spacial score (nSPS) is 25.6. The van der Waals surface area contributed by atoms with Crippen molar-refractivity contribution in [3.63, 3.8) is 0 Å². The highest BCUT2D eigenvalue weighted by Gasteiger charge is 2.33. The van der Waals surface area contributed by atoms with Crippen LogP contribution in [-0.4, -0.2) is 9.78 Å². The van der Waals surface area contributed by atoms with E-state index in [0.717, 1.165) is 12.5 Å². The first-order valence-electron chi connectivity index (χ1n) is 7.95. The van der Waals surface area contributed by atoms with E-state index in [2.05, 4.69) is 49.0 Å². The molecule has 1 aromatic rings. The van der Waals surface area contributed by atoms with Crippen molar-refractivity contribution in [2.45, 2.75) is 66.0 Å². The topological polar surface area (TPSA) is 55.9 Å². The van der Waals surface area contributed by atoms with E-state index in [4.69, 9.17) is 5.84 Å². The zero-order chi connectivity index (χ0) is 14.8. The molecule has 0 saturated heterocycles. The number of aryl methyl sites for hydroxylation is 1. The van der Waals surface area contributed by atoms with Crippen LogP contribution in [0.1, 0.15) is 65.1 Å². The molecule has 1 fully saturated rings. The molecule has 114 valence electrons. The summed E-state index contributed by atoms with van der Waals surface area (Å²) in [6, 6.07) is 2.34. The van der Waals surface area contributed by atoms with E-state index in [0.29, 0.717) is 11.3 Å². The SMILES string of the molecule is CCn1nccc1C(NN)C1CCC(C(C)(C)C)CC1. The number of nitrogens with two attached hydrogens (primary N) is 1. The van der Waals surface area contributed by atoms with E-state index in [1.54, 1.807) is 0 Å². The Morgan fingerprint density at radius 1 is 1.35 bits per heavy atom. The van der Waals surface area contributed by atoms with Crippen LogP contribution in [0.3, 0.4) is 0 Å². The lowest BCUT2D eigenvalue weighted by Gasteiger charge is -2.39. The van der Waals surface area contributed by atoms with Crippen LogP contribution in [0.25, 0.3) is 0 Å². The molecule has 0 aromatic carbocycles. The van der Waals surface area contributed by atoms with E-state index in [1.807, 2.05) is 6.20 Å². The zero-order valence-corrected chi connectivity index (χ0v) is 13.4. The summed E-state index contributed by atoms with van der Waals surface area (Å²) in [5, 5.41) is 4.37. The van der Waals surface area contributed by atoms with Crippen molar-refractivity contribution in [1.29, 1.82) is 0 Å². The van der Waals surface area contributed by atoms with Crippen LogP contribution in [0, 0.1) is 17.3 Å². The first kappa shape index (κ1) is 15.5. The summed E-state index contributed by atoms with van der Waals surface area (Å²) in [6.45, 7) is 10.1. The molecule has 0 radical (unpaired) electrons. The molecule has 3 N–H and O–H groups in total. The molecular weight excluding hydrogens is 248 g/mol. The average Bonchev–Trinajstić information content (AvgIpc) is 2.87. The van der Waals surface area contributed by atoms with Crippen molar-refractivity contribution in [2.24, 2.45) is 23.1 Å². The standard InChI is InChI=1S/C16H30N4/c1-5-20-14(10-11-18-20)15(19-17)12-6-8-13(9-7-12)16(2,3)4/h10-13,15,19H,5-9,17H2,1-4H3. The van der Waals surface area contributed by atoms with Gasteiger partial charge in [0.1, 0.15) is 0 Å². The summed E-state index contributed by atoms with van der Waals surface area (Å²) in [7, 11) is 0. The molecule has 0 bridgehead atoms. The zero-order valence-electron chi connectivity index (χ0n) is 13.4. The number of hydrogen-bond donors (Lipinski definition) is 2. The minimum atomic E-state index is 0.235. The van der Waals surface area contributed by atoms with Crippen molar-refractivity contribution in [2.75, 3.05) is 0 Å². The third-order valence-electron chi connectivity index (χ3n) is 5.02. The van der Waals surface area contributed by atoms with Crippen molar-refractivity contribution in [3.8, 4) is 0 Å². The Morgan fingerprint density at radius 3 is 2.50 bits per heavy atom. The number of hydrazine groups is 1. The van der Waals surface area contributed by atoms with Crippen LogP contribution in [0.5, 0.6) is 0 Å². The summed E-state index contributed by atoms with van der Waals surface area (Å²) in [6.07, 6.45) is 7.01. The largest absolute Gasteiger partial charge is 0.271 e. The van der Waals surface area contributed by atoms with E-state index < -0.39 is 0 Å². The highest BCUT2D eigenvalue weighted by atomic mass is 15.3. The van der Waals surface area contributed by atoms with Crippen molar-refractivity contribution in [3.05, 3.63) is 18.0 Å². The van der Waals surface area contributed by atoms with Crippen LogP contribution in [0.2, 0.25) is 0 Å². The molecule has 1 saturated carbocycles. The first-order chi connectivity index (χ1) is 9.47. The minimum Gasteiger partial charge on any atom is -0.271 e. The Labute approximate surface area is 123 Å². The number of nitrogens with zero attached hydrogens (tertiary/aromatic N) is 2. The highest BCUT2D eigenvalue weighted by Crippen LogP contribution is 2.43. The van der Waals surface area contributed by atoms with Gasteiger partial charge >= 0.3 is 0 Å².